The Morgan fingerprint density at radius 2 is 2.21 bits per heavy atom. The van der Waals surface area contributed by atoms with E-state index in [4.69, 9.17) is 0 Å². The van der Waals surface area contributed by atoms with Crippen LogP contribution in [0.5, 0.6) is 0 Å². The normalized spacial score (nSPS) is 10.0. The number of hydrogen-bond acceptors (Lipinski definition) is 4. The van der Waals surface area contributed by atoms with Crippen molar-refractivity contribution >= 4 is 5.82 Å². The minimum atomic E-state index is -0.468. The molecular formula is C8H16N4O2. The van der Waals surface area contributed by atoms with Crippen molar-refractivity contribution in [1.82, 2.24) is 15.9 Å². The van der Waals surface area contributed by atoms with Gasteiger partial charge in [0.2, 0.25) is 0 Å². The molecule has 0 saturated heterocycles. The molecule has 1 rings (SSSR count). The molecule has 0 fully saturated rings. The number of nitrogens with zero attached hydrogens (tertiary/aromatic N) is 3. The molecule has 0 unspecified atom stereocenters. The zero-order valence-corrected chi connectivity index (χ0v) is 8.73. The van der Waals surface area contributed by atoms with Crippen LogP contribution in [0.4, 0.5) is 5.82 Å². The first-order chi connectivity index (χ1) is 6.00. The fourth-order valence-corrected chi connectivity index (χ4v) is 1.11. The van der Waals surface area contributed by atoms with Crippen molar-refractivity contribution in [3.63, 3.8) is 0 Å². The molecule has 1 aromatic rings. The lowest BCUT2D eigenvalue weighted by molar-refractivity contribution is -0.389. The Balaban J connectivity index is 0.00000169. The summed E-state index contributed by atoms with van der Waals surface area (Å²) in [5.41, 5.74) is 0.834. The topological polar surface area (TPSA) is 96.0 Å². The summed E-state index contributed by atoms with van der Waals surface area (Å²) in [4.78, 5) is 9.91. The molecule has 0 aliphatic heterocycles. The van der Waals surface area contributed by atoms with Crippen LogP contribution in [-0.4, -0.2) is 14.7 Å². The van der Waals surface area contributed by atoms with E-state index in [1.807, 2.05) is 20.8 Å². The molecular weight excluding hydrogens is 184 g/mol. The molecule has 80 valence electrons. The molecule has 0 aliphatic carbocycles. The van der Waals surface area contributed by atoms with Crippen molar-refractivity contribution in [1.29, 1.82) is 0 Å². The Labute approximate surface area is 82.7 Å². The van der Waals surface area contributed by atoms with E-state index in [0.717, 1.165) is 12.2 Å². The number of nitro groups is 1. The van der Waals surface area contributed by atoms with Crippen LogP contribution in [0.3, 0.4) is 0 Å². The Hall–Kier alpha value is -1.43. The highest BCUT2D eigenvalue weighted by Crippen LogP contribution is 2.12. The van der Waals surface area contributed by atoms with Gasteiger partial charge in [-0.25, -0.2) is 0 Å². The average Bonchev–Trinajstić information content (AvgIpc) is 2.31. The molecule has 0 atom stereocenters. The van der Waals surface area contributed by atoms with Crippen LogP contribution < -0.4 is 6.15 Å². The maximum absolute atomic E-state index is 10.4. The van der Waals surface area contributed by atoms with E-state index in [1.54, 1.807) is 4.68 Å². The molecule has 6 nitrogen and oxygen atoms in total. The van der Waals surface area contributed by atoms with Gasteiger partial charge >= 0.3 is 5.82 Å². The fraction of sp³-hybridized carbons (Fsp3) is 0.625. The summed E-state index contributed by atoms with van der Waals surface area (Å²) in [5, 5.41) is 14.2. The second-order valence-electron chi connectivity index (χ2n) is 3.48. The Morgan fingerprint density at radius 3 is 2.57 bits per heavy atom. The van der Waals surface area contributed by atoms with E-state index in [-0.39, 0.29) is 12.0 Å². The molecule has 0 bridgehead atoms. The van der Waals surface area contributed by atoms with Crippen molar-refractivity contribution in [3.8, 4) is 0 Å². The lowest BCUT2D eigenvalue weighted by Gasteiger charge is -2.01. The maximum atomic E-state index is 10.4. The Kier molecular flexibility index (Phi) is 4.23. The van der Waals surface area contributed by atoms with Gasteiger partial charge in [0.15, 0.2) is 0 Å². The van der Waals surface area contributed by atoms with Crippen LogP contribution >= 0.6 is 0 Å². The first-order valence-electron chi connectivity index (χ1n) is 4.19. The molecule has 0 aromatic carbocycles. The van der Waals surface area contributed by atoms with Crippen molar-refractivity contribution in [2.45, 2.75) is 27.3 Å². The smallest absolute Gasteiger partial charge is 0.358 e. The summed E-state index contributed by atoms with van der Waals surface area (Å²) in [7, 11) is 0. The first kappa shape index (κ1) is 12.6. The van der Waals surface area contributed by atoms with Crippen molar-refractivity contribution in [2.24, 2.45) is 5.92 Å². The Morgan fingerprint density at radius 1 is 1.64 bits per heavy atom. The molecule has 0 saturated carbocycles. The van der Waals surface area contributed by atoms with Gasteiger partial charge in [0, 0.05) is 0 Å². The van der Waals surface area contributed by atoms with Gasteiger partial charge in [-0.3, -0.25) is 0 Å². The summed E-state index contributed by atoms with van der Waals surface area (Å²) in [6, 6.07) is 1.49. The van der Waals surface area contributed by atoms with Crippen molar-refractivity contribution in [2.75, 3.05) is 0 Å². The number of aryl methyl sites for hydroxylation is 1. The van der Waals surface area contributed by atoms with Gasteiger partial charge in [0.05, 0.1) is 23.4 Å². The number of rotatable bonds is 3. The average molecular weight is 200 g/mol. The molecule has 6 heteroatoms. The van der Waals surface area contributed by atoms with Crippen LogP contribution in [0.1, 0.15) is 19.5 Å². The molecule has 1 heterocycles. The highest BCUT2D eigenvalue weighted by atomic mass is 16.6. The minimum absolute atomic E-state index is 0. The predicted molar refractivity (Wildman–Crippen MR) is 53.5 cm³/mol. The minimum Gasteiger partial charge on any atom is -0.358 e. The summed E-state index contributed by atoms with van der Waals surface area (Å²) < 4.78 is 1.67. The summed E-state index contributed by atoms with van der Waals surface area (Å²) in [6.45, 7) is 6.64. The summed E-state index contributed by atoms with van der Waals surface area (Å²) in [6.07, 6.45) is 0. The van der Waals surface area contributed by atoms with Gasteiger partial charge in [-0.1, -0.05) is 13.8 Å². The lowest BCUT2D eigenvalue weighted by atomic mass is 10.2. The number of aromatic nitrogens is 2. The van der Waals surface area contributed by atoms with Gasteiger partial charge < -0.3 is 16.3 Å². The zero-order chi connectivity index (χ0) is 10.0. The van der Waals surface area contributed by atoms with Crippen LogP contribution in [0.25, 0.3) is 0 Å². The number of hydrogen-bond donors (Lipinski definition) is 1. The SMILES string of the molecule is Cc1cc([N+](=O)[O-])nn1CC(C)C.N. The van der Waals surface area contributed by atoms with E-state index < -0.39 is 4.92 Å². The largest absolute Gasteiger partial charge is 0.390 e. The lowest BCUT2D eigenvalue weighted by Crippen LogP contribution is -2.07. The third-order valence-corrected chi connectivity index (χ3v) is 1.69. The highest BCUT2D eigenvalue weighted by Gasteiger charge is 2.15. The standard InChI is InChI=1S/C8H13N3O2.H3N/c1-6(2)5-10-7(3)4-8(9-10)11(12)13;/h4,6H,5H2,1-3H3;1H3. The maximum Gasteiger partial charge on any atom is 0.390 e. The molecule has 0 amide bonds. The predicted octanol–water partition coefficient (Wildman–Crippen LogP) is 1.92. The molecule has 1 aromatic heterocycles. The van der Waals surface area contributed by atoms with Gasteiger partial charge in [0.1, 0.15) is 0 Å². The van der Waals surface area contributed by atoms with Crippen LogP contribution in [0, 0.1) is 23.0 Å². The third kappa shape index (κ3) is 2.81. The summed E-state index contributed by atoms with van der Waals surface area (Å²) >= 11 is 0. The second kappa shape index (κ2) is 4.71. The van der Waals surface area contributed by atoms with Gasteiger partial charge in [-0.15, -0.1) is 0 Å². The zero-order valence-electron chi connectivity index (χ0n) is 8.73. The molecule has 0 radical (unpaired) electrons. The summed E-state index contributed by atoms with van der Waals surface area (Å²) in [5.74, 6) is 0.372. The van der Waals surface area contributed by atoms with E-state index in [2.05, 4.69) is 5.10 Å². The van der Waals surface area contributed by atoms with Crippen LogP contribution in [-0.2, 0) is 6.54 Å². The molecule has 14 heavy (non-hydrogen) atoms. The van der Waals surface area contributed by atoms with Gasteiger partial charge in [0.25, 0.3) is 0 Å². The molecule has 0 spiro atoms. The van der Waals surface area contributed by atoms with Gasteiger partial charge in [-0.2, -0.15) is 4.68 Å². The van der Waals surface area contributed by atoms with Crippen LogP contribution in [0.2, 0.25) is 0 Å². The third-order valence-electron chi connectivity index (χ3n) is 1.69. The van der Waals surface area contributed by atoms with Gasteiger partial charge in [-0.05, 0) is 17.8 Å². The second-order valence-corrected chi connectivity index (χ2v) is 3.48. The van der Waals surface area contributed by atoms with E-state index in [0.29, 0.717) is 5.92 Å². The van der Waals surface area contributed by atoms with E-state index in [1.165, 1.54) is 6.07 Å². The molecule has 0 aliphatic rings. The fourth-order valence-electron chi connectivity index (χ4n) is 1.11. The van der Waals surface area contributed by atoms with E-state index >= 15 is 0 Å². The van der Waals surface area contributed by atoms with Crippen molar-refractivity contribution in [3.05, 3.63) is 21.9 Å². The first-order valence-corrected chi connectivity index (χ1v) is 4.19. The molecule has 3 N–H and O–H groups in total. The van der Waals surface area contributed by atoms with Crippen molar-refractivity contribution < 1.29 is 4.92 Å². The Bertz CT molecular complexity index is 319. The highest BCUT2D eigenvalue weighted by molar-refractivity contribution is 5.20. The monoisotopic (exact) mass is 200 g/mol. The quantitative estimate of drug-likeness (QED) is 0.595. The van der Waals surface area contributed by atoms with Crippen LogP contribution in [0.15, 0.2) is 6.07 Å². The van der Waals surface area contributed by atoms with E-state index in [9.17, 15) is 10.1 Å².